The third-order valence-electron chi connectivity index (χ3n) is 4.09. The van der Waals surface area contributed by atoms with Crippen LogP contribution in [-0.4, -0.2) is 39.7 Å². The van der Waals surface area contributed by atoms with E-state index in [0.29, 0.717) is 22.0 Å². The molecule has 0 bridgehead atoms. The summed E-state index contributed by atoms with van der Waals surface area (Å²) in [4.78, 5) is 24.5. The molecular weight excluding hydrogens is 404 g/mol. The Morgan fingerprint density at radius 2 is 1.75 bits per heavy atom. The summed E-state index contributed by atoms with van der Waals surface area (Å²) in [6.07, 6.45) is 1.02. The molecule has 28 heavy (non-hydrogen) atoms. The van der Waals surface area contributed by atoms with Gasteiger partial charge in [0.05, 0.1) is 24.6 Å². The van der Waals surface area contributed by atoms with E-state index < -0.39 is 27.9 Å². The molecule has 0 spiro atoms. The number of aryl methyl sites for hydroxylation is 1. The summed E-state index contributed by atoms with van der Waals surface area (Å²) in [6.45, 7) is 3.24. The minimum absolute atomic E-state index is 0.272. The average Bonchev–Trinajstić information content (AvgIpc) is 2.63. The Hall–Kier alpha value is -2.58. The van der Waals surface area contributed by atoms with Crippen LogP contribution in [0.15, 0.2) is 42.5 Å². The van der Waals surface area contributed by atoms with Crippen LogP contribution >= 0.6 is 11.6 Å². The summed E-state index contributed by atoms with van der Waals surface area (Å²) < 4.78 is 30.3. The number of rotatable bonds is 6. The van der Waals surface area contributed by atoms with E-state index in [4.69, 9.17) is 11.6 Å². The van der Waals surface area contributed by atoms with Gasteiger partial charge in [-0.2, -0.15) is 0 Å². The fourth-order valence-electron chi connectivity index (χ4n) is 2.64. The summed E-state index contributed by atoms with van der Waals surface area (Å²) in [7, 11) is -2.49. The molecule has 0 saturated carbocycles. The predicted octanol–water partition coefficient (Wildman–Crippen LogP) is 3.23. The number of hydrogen-bond acceptors (Lipinski definition) is 5. The second-order valence-corrected chi connectivity index (χ2v) is 8.52. The predicted molar refractivity (Wildman–Crippen MR) is 109 cm³/mol. The van der Waals surface area contributed by atoms with Gasteiger partial charge in [0.15, 0.2) is 0 Å². The summed E-state index contributed by atoms with van der Waals surface area (Å²) in [5.74, 6) is -1.09. The highest BCUT2D eigenvalue weighted by atomic mass is 35.5. The van der Waals surface area contributed by atoms with Crippen molar-refractivity contribution in [2.75, 3.05) is 23.0 Å². The molecule has 0 fully saturated rings. The zero-order valence-corrected chi connectivity index (χ0v) is 17.5. The number of ether oxygens (including phenoxy) is 1. The number of nitrogens with zero attached hydrogens (tertiary/aromatic N) is 1. The number of amides is 1. The standard InChI is InChI=1S/C19H21ClN2O5S/c1-12-5-6-14(19(24)27-3)11-17(12)21-18(23)13(2)22(28(4,25)26)16-9-7-15(20)8-10-16/h5-11,13H,1-4H3,(H,21,23)/t13-/m0/s1. The van der Waals surface area contributed by atoms with Gasteiger partial charge in [-0.05, 0) is 55.8 Å². The Balaban J connectivity index is 2.34. The molecule has 9 heteroatoms. The first kappa shape index (κ1) is 21.7. The third-order valence-corrected chi connectivity index (χ3v) is 5.58. The molecule has 2 aromatic rings. The summed E-state index contributed by atoms with van der Waals surface area (Å²) in [6, 6.07) is 9.83. The van der Waals surface area contributed by atoms with Crippen LogP contribution in [0.5, 0.6) is 0 Å². The van der Waals surface area contributed by atoms with E-state index >= 15 is 0 Å². The molecule has 2 aromatic carbocycles. The van der Waals surface area contributed by atoms with E-state index in [2.05, 4.69) is 10.1 Å². The first-order chi connectivity index (χ1) is 13.0. The van der Waals surface area contributed by atoms with Gasteiger partial charge in [-0.25, -0.2) is 13.2 Å². The maximum atomic E-state index is 12.8. The lowest BCUT2D eigenvalue weighted by atomic mass is 10.1. The summed E-state index contributed by atoms with van der Waals surface area (Å²) in [5.41, 5.74) is 1.69. The molecule has 0 aromatic heterocycles. The van der Waals surface area contributed by atoms with E-state index in [1.807, 2.05) is 0 Å². The number of nitrogens with one attached hydrogen (secondary N) is 1. The van der Waals surface area contributed by atoms with Gasteiger partial charge in [-0.1, -0.05) is 17.7 Å². The van der Waals surface area contributed by atoms with Crippen molar-refractivity contribution >= 4 is 44.9 Å². The quantitative estimate of drug-likeness (QED) is 0.718. The minimum Gasteiger partial charge on any atom is -0.465 e. The smallest absolute Gasteiger partial charge is 0.337 e. The van der Waals surface area contributed by atoms with Crippen molar-refractivity contribution in [3.8, 4) is 0 Å². The lowest BCUT2D eigenvalue weighted by Crippen LogP contribution is -2.45. The van der Waals surface area contributed by atoms with E-state index in [9.17, 15) is 18.0 Å². The van der Waals surface area contributed by atoms with Crippen molar-refractivity contribution in [1.82, 2.24) is 0 Å². The molecular formula is C19H21ClN2O5S. The van der Waals surface area contributed by atoms with Crippen molar-refractivity contribution in [1.29, 1.82) is 0 Å². The van der Waals surface area contributed by atoms with Gasteiger partial charge < -0.3 is 10.1 Å². The molecule has 2 rings (SSSR count). The number of methoxy groups -OCH3 is 1. The Kier molecular flexibility index (Phi) is 6.69. The van der Waals surface area contributed by atoms with Gasteiger partial charge in [0.25, 0.3) is 0 Å². The molecule has 0 saturated heterocycles. The Labute approximate surface area is 169 Å². The average molecular weight is 425 g/mol. The monoisotopic (exact) mass is 424 g/mol. The molecule has 1 amide bonds. The number of carbonyl (C=O) groups excluding carboxylic acids is 2. The van der Waals surface area contributed by atoms with Crippen LogP contribution in [0.25, 0.3) is 0 Å². The fourth-order valence-corrected chi connectivity index (χ4v) is 3.94. The van der Waals surface area contributed by atoms with Crippen molar-refractivity contribution in [2.45, 2.75) is 19.9 Å². The molecule has 150 valence electrons. The zero-order chi connectivity index (χ0) is 21.1. The van der Waals surface area contributed by atoms with E-state index in [1.54, 1.807) is 31.2 Å². The number of hydrogen-bond donors (Lipinski definition) is 1. The molecule has 0 radical (unpaired) electrons. The number of carbonyl (C=O) groups is 2. The molecule has 7 nitrogen and oxygen atoms in total. The highest BCUT2D eigenvalue weighted by molar-refractivity contribution is 7.92. The number of anilines is 2. The van der Waals surface area contributed by atoms with Gasteiger partial charge in [-0.15, -0.1) is 0 Å². The Bertz CT molecular complexity index is 990. The van der Waals surface area contributed by atoms with Crippen LogP contribution in [-0.2, 0) is 19.6 Å². The molecule has 0 heterocycles. The number of esters is 1. The van der Waals surface area contributed by atoms with Crippen LogP contribution in [0.1, 0.15) is 22.8 Å². The van der Waals surface area contributed by atoms with E-state index in [0.717, 1.165) is 10.6 Å². The van der Waals surface area contributed by atoms with Crippen molar-refractivity contribution in [3.05, 3.63) is 58.6 Å². The molecule has 0 aliphatic heterocycles. The topological polar surface area (TPSA) is 92.8 Å². The molecule has 1 atom stereocenters. The first-order valence-electron chi connectivity index (χ1n) is 8.29. The lowest BCUT2D eigenvalue weighted by Gasteiger charge is -2.28. The zero-order valence-electron chi connectivity index (χ0n) is 15.9. The van der Waals surface area contributed by atoms with Gasteiger partial charge in [0, 0.05) is 10.7 Å². The second-order valence-electron chi connectivity index (χ2n) is 6.22. The number of halogens is 1. The number of benzene rings is 2. The van der Waals surface area contributed by atoms with Crippen LogP contribution in [0.4, 0.5) is 11.4 Å². The van der Waals surface area contributed by atoms with Crippen LogP contribution in [0, 0.1) is 6.92 Å². The molecule has 0 aliphatic rings. The van der Waals surface area contributed by atoms with Gasteiger partial charge in [-0.3, -0.25) is 9.10 Å². The molecule has 1 N–H and O–H groups in total. The van der Waals surface area contributed by atoms with Crippen LogP contribution in [0.3, 0.4) is 0 Å². The molecule has 0 aliphatic carbocycles. The number of sulfonamides is 1. The van der Waals surface area contributed by atoms with Crippen molar-refractivity contribution in [2.24, 2.45) is 0 Å². The minimum atomic E-state index is -3.75. The fraction of sp³-hybridized carbons (Fsp3) is 0.263. The van der Waals surface area contributed by atoms with E-state index in [1.165, 1.54) is 32.2 Å². The Morgan fingerprint density at radius 1 is 1.14 bits per heavy atom. The summed E-state index contributed by atoms with van der Waals surface area (Å²) in [5, 5.41) is 3.13. The maximum absolute atomic E-state index is 12.8. The van der Waals surface area contributed by atoms with Crippen LogP contribution in [0.2, 0.25) is 5.02 Å². The highest BCUT2D eigenvalue weighted by Crippen LogP contribution is 2.24. The van der Waals surface area contributed by atoms with E-state index in [-0.39, 0.29) is 5.56 Å². The van der Waals surface area contributed by atoms with Gasteiger partial charge in [0.1, 0.15) is 6.04 Å². The largest absolute Gasteiger partial charge is 0.465 e. The van der Waals surface area contributed by atoms with Crippen molar-refractivity contribution < 1.29 is 22.7 Å². The van der Waals surface area contributed by atoms with Crippen molar-refractivity contribution in [3.63, 3.8) is 0 Å². The van der Waals surface area contributed by atoms with Gasteiger partial charge in [0.2, 0.25) is 15.9 Å². The summed E-state index contributed by atoms with van der Waals surface area (Å²) >= 11 is 5.86. The normalized spacial score (nSPS) is 12.2. The lowest BCUT2D eigenvalue weighted by molar-refractivity contribution is -0.116. The first-order valence-corrected chi connectivity index (χ1v) is 10.5. The highest BCUT2D eigenvalue weighted by Gasteiger charge is 2.29. The maximum Gasteiger partial charge on any atom is 0.337 e. The third kappa shape index (κ3) is 5.02. The van der Waals surface area contributed by atoms with Gasteiger partial charge >= 0.3 is 5.97 Å². The SMILES string of the molecule is COC(=O)c1ccc(C)c(NC(=O)[C@H](C)N(c2ccc(Cl)cc2)S(C)(=O)=O)c1. The van der Waals surface area contributed by atoms with Crippen LogP contribution < -0.4 is 9.62 Å². The Morgan fingerprint density at radius 3 is 2.29 bits per heavy atom. The second kappa shape index (κ2) is 8.62. The molecule has 0 unspecified atom stereocenters.